The van der Waals surface area contributed by atoms with Gasteiger partial charge < -0.3 is 9.84 Å². The summed E-state index contributed by atoms with van der Waals surface area (Å²) >= 11 is 0. The number of aliphatic carboxylic acids is 1. The summed E-state index contributed by atoms with van der Waals surface area (Å²) in [5.74, 6) is -2.69. The Morgan fingerprint density at radius 3 is 1.07 bits per heavy atom. The zero-order valence-corrected chi connectivity index (χ0v) is 26.5. The second kappa shape index (κ2) is 31.3. The van der Waals surface area contributed by atoms with Crippen LogP contribution >= 0.6 is 0 Å². The van der Waals surface area contributed by atoms with Crippen LogP contribution in [0, 0.1) is 0 Å². The number of unbranched alkanes of at least 4 members (excludes halogenated alkanes) is 25. The average Bonchev–Trinajstić information content (AvgIpc) is 2.90. The standard InChI is InChI=1S/C32H62O7S.Na.H/c1-2-3-4-5-6-7-8-9-10-11-12-13-14-15-16-17-18-19-20-21-22-23-24-25-26-27-28-39-32(35)30(29-31(33)34)40(36,37)38;;/h30H,2-29H2,1H3,(H,33,34)(H,36,37,38);;. The molecule has 0 aliphatic carbocycles. The Morgan fingerprint density at radius 1 is 0.561 bits per heavy atom. The summed E-state index contributed by atoms with van der Waals surface area (Å²) in [6.07, 6.45) is 33.1. The third-order valence-corrected chi connectivity index (χ3v) is 8.80. The summed E-state index contributed by atoms with van der Waals surface area (Å²) in [4.78, 5) is 22.4. The van der Waals surface area contributed by atoms with Crippen LogP contribution in [-0.2, 0) is 24.4 Å². The first-order valence-corrected chi connectivity index (χ1v) is 18.1. The van der Waals surface area contributed by atoms with Crippen LogP contribution in [0.1, 0.15) is 180 Å². The first kappa shape index (κ1) is 43.0. The first-order valence-electron chi connectivity index (χ1n) is 16.6. The van der Waals surface area contributed by atoms with E-state index in [9.17, 15) is 18.0 Å². The van der Waals surface area contributed by atoms with Crippen molar-refractivity contribution < 1.29 is 32.4 Å². The third-order valence-electron chi connectivity index (χ3n) is 7.72. The summed E-state index contributed by atoms with van der Waals surface area (Å²) in [6.45, 7) is 2.31. The number of carboxylic acids is 1. The van der Waals surface area contributed by atoms with Gasteiger partial charge in [-0.3, -0.25) is 14.1 Å². The molecule has 0 bridgehead atoms. The van der Waals surface area contributed by atoms with Gasteiger partial charge in [-0.15, -0.1) is 0 Å². The van der Waals surface area contributed by atoms with Crippen molar-refractivity contribution in [2.24, 2.45) is 0 Å². The maximum atomic E-state index is 11.7. The Kier molecular flexibility index (Phi) is 32.8. The Labute approximate surface area is 274 Å². The van der Waals surface area contributed by atoms with E-state index in [4.69, 9.17) is 14.4 Å². The van der Waals surface area contributed by atoms with Gasteiger partial charge in [0.05, 0.1) is 13.0 Å². The van der Waals surface area contributed by atoms with E-state index in [1.165, 1.54) is 141 Å². The number of rotatable bonds is 31. The number of esters is 1. The van der Waals surface area contributed by atoms with Gasteiger partial charge in [-0.05, 0) is 6.42 Å². The van der Waals surface area contributed by atoms with E-state index >= 15 is 0 Å². The van der Waals surface area contributed by atoms with Crippen LogP contribution in [0.3, 0.4) is 0 Å². The van der Waals surface area contributed by atoms with Gasteiger partial charge in [0.25, 0.3) is 10.1 Å². The van der Waals surface area contributed by atoms with Gasteiger partial charge in [-0.1, -0.05) is 167 Å². The molecule has 0 heterocycles. The van der Waals surface area contributed by atoms with E-state index < -0.39 is 33.7 Å². The van der Waals surface area contributed by atoms with Gasteiger partial charge >= 0.3 is 41.5 Å². The summed E-state index contributed by atoms with van der Waals surface area (Å²) < 4.78 is 36.2. The fraction of sp³-hybridized carbons (Fsp3) is 0.938. The number of carbonyl (C=O) groups excluding carboxylic acids is 1. The number of hydrogen-bond acceptors (Lipinski definition) is 5. The quantitative estimate of drug-likeness (QED) is 0.0347. The van der Waals surface area contributed by atoms with Crippen molar-refractivity contribution in [1.29, 1.82) is 0 Å². The van der Waals surface area contributed by atoms with Crippen molar-refractivity contribution >= 4 is 51.6 Å². The Balaban J connectivity index is 0. The molecule has 0 saturated carbocycles. The van der Waals surface area contributed by atoms with Crippen molar-refractivity contribution in [3.8, 4) is 0 Å². The Hall–Kier alpha value is -0.150. The summed E-state index contributed by atoms with van der Waals surface area (Å²) in [6, 6.07) is 0. The molecule has 0 saturated heterocycles. The maximum absolute atomic E-state index is 11.7. The van der Waals surface area contributed by atoms with E-state index in [2.05, 4.69) is 6.92 Å². The van der Waals surface area contributed by atoms with Crippen LogP contribution < -0.4 is 0 Å². The summed E-state index contributed by atoms with van der Waals surface area (Å²) in [5.41, 5.74) is 0. The van der Waals surface area contributed by atoms with Crippen LogP contribution in [0.2, 0.25) is 0 Å². The second-order valence-electron chi connectivity index (χ2n) is 11.6. The number of hydrogen-bond donors (Lipinski definition) is 2. The average molecular weight is 615 g/mol. The van der Waals surface area contributed by atoms with Gasteiger partial charge in [-0.2, -0.15) is 8.42 Å². The molecule has 0 radical (unpaired) electrons. The number of ether oxygens (including phenoxy) is 1. The van der Waals surface area contributed by atoms with Crippen LogP contribution in [0.4, 0.5) is 0 Å². The molecule has 0 fully saturated rings. The molecule has 9 heteroatoms. The van der Waals surface area contributed by atoms with E-state index in [0.29, 0.717) is 6.42 Å². The fourth-order valence-electron chi connectivity index (χ4n) is 5.15. The van der Waals surface area contributed by atoms with E-state index in [1.54, 1.807) is 0 Å². The molecule has 0 aliphatic heterocycles. The molecule has 7 nitrogen and oxygen atoms in total. The molecule has 0 amide bonds. The monoisotopic (exact) mass is 614 g/mol. The third kappa shape index (κ3) is 31.1. The van der Waals surface area contributed by atoms with Crippen molar-refractivity contribution in [2.45, 2.75) is 186 Å². The van der Waals surface area contributed by atoms with Crippen LogP contribution in [0.5, 0.6) is 0 Å². The zero-order valence-electron chi connectivity index (χ0n) is 25.7. The first-order chi connectivity index (χ1) is 19.3. The molecule has 0 aliphatic rings. The number of carbonyl (C=O) groups is 2. The Bertz CT molecular complexity index is 700. The molecule has 0 aromatic carbocycles. The zero-order chi connectivity index (χ0) is 29.7. The summed E-state index contributed by atoms with van der Waals surface area (Å²) in [5, 5.41) is 6.63. The predicted molar refractivity (Wildman–Crippen MR) is 171 cm³/mol. The molecule has 0 spiro atoms. The van der Waals surface area contributed by atoms with Crippen molar-refractivity contribution in [3.63, 3.8) is 0 Å². The second-order valence-corrected chi connectivity index (χ2v) is 13.2. The molecule has 0 aromatic rings. The molecule has 1 unspecified atom stereocenters. The minimum absolute atomic E-state index is 0. The van der Waals surface area contributed by atoms with E-state index in [0.717, 1.165) is 19.3 Å². The van der Waals surface area contributed by atoms with Gasteiger partial charge in [-0.25, -0.2) is 0 Å². The molecule has 240 valence electrons. The number of carboxylic acid groups (broad SMARTS) is 1. The van der Waals surface area contributed by atoms with Gasteiger partial charge in [0, 0.05) is 0 Å². The van der Waals surface area contributed by atoms with E-state index in [-0.39, 0.29) is 36.2 Å². The van der Waals surface area contributed by atoms with Crippen molar-refractivity contribution in [1.82, 2.24) is 0 Å². The molecule has 2 N–H and O–H groups in total. The van der Waals surface area contributed by atoms with Crippen molar-refractivity contribution in [3.05, 3.63) is 0 Å². The predicted octanol–water partition coefficient (Wildman–Crippen LogP) is 8.77. The van der Waals surface area contributed by atoms with Crippen LogP contribution in [0.25, 0.3) is 0 Å². The van der Waals surface area contributed by atoms with Gasteiger partial charge in [0.15, 0.2) is 5.25 Å². The molecule has 41 heavy (non-hydrogen) atoms. The molecular formula is C32H63NaO7S. The topological polar surface area (TPSA) is 118 Å². The molecule has 1 atom stereocenters. The summed E-state index contributed by atoms with van der Waals surface area (Å²) in [7, 11) is -4.80. The van der Waals surface area contributed by atoms with Gasteiger partial charge in [0.2, 0.25) is 0 Å². The van der Waals surface area contributed by atoms with Gasteiger partial charge in [0.1, 0.15) is 0 Å². The van der Waals surface area contributed by atoms with Crippen LogP contribution in [-0.4, -0.2) is 71.4 Å². The SMILES string of the molecule is CCCCCCCCCCCCCCCCCCCCCCCCCCCCOC(=O)C(CC(=O)O)S(=O)(=O)O.[NaH]. The van der Waals surface area contributed by atoms with Crippen LogP contribution in [0.15, 0.2) is 0 Å². The molecule has 0 rings (SSSR count). The minimum atomic E-state index is -4.80. The Morgan fingerprint density at radius 2 is 0.829 bits per heavy atom. The molecule has 0 aromatic heterocycles. The fourth-order valence-corrected chi connectivity index (χ4v) is 5.82. The van der Waals surface area contributed by atoms with E-state index in [1.807, 2.05) is 0 Å². The normalized spacial score (nSPS) is 12.1. The van der Waals surface area contributed by atoms with Crippen molar-refractivity contribution in [2.75, 3.05) is 6.61 Å². The molecular weight excluding hydrogens is 551 g/mol.